The maximum absolute atomic E-state index is 13.0. The van der Waals surface area contributed by atoms with Gasteiger partial charge in [0.05, 0.1) is 4.88 Å². The highest BCUT2D eigenvalue weighted by atomic mass is 32.1. The van der Waals surface area contributed by atoms with Gasteiger partial charge in [0.2, 0.25) is 5.71 Å². The fraction of sp³-hybridized carbons (Fsp3) is 0.176. The topological polar surface area (TPSA) is 110 Å². The van der Waals surface area contributed by atoms with Gasteiger partial charge in [0, 0.05) is 5.38 Å². The maximum Gasteiger partial charge on any atom is 0.360 e. The van der Waals surface area contributed by atoms with Gasteiger partial charge in [-0.1, -0.05) is 102 Å². The number of aromatic nitrogens is 1. The minimum absolute atomic E-state index is 0.0854. The minimum Gasteiger partial charge on any atom is -0.476 e. The normalized spacial score (nSPS) is 12.8. The van der Waals surface area contributed by atoms with E-state index in [-0.39, 0.29) is 5.69 Å². The zero-order chi connectivity index (χ0) is 31.2. The fourth-order valence-electron chi connectivity index (χ4n) is 4.69. The van der Waals surface area contributed by atoms with Crippen LogP contribution in [0.15, 0.2) is 119 Å². The number of benzene rings is 3. The number of aliphatic carboxylic acids is 1. The molecule has 8 nitrogen and oxygen atoms in total. The van der Waals surface area contributed by atoms with Crippen molar-refractivity contribution in [3.05, 3.63) is 141 Å². The number of hydrogen-bond acceptors (Lipinski definition) is 9. The van der Waals surface area contributed by atoms with Gasteiger partial charge in [-0.15, -0.1) is 22.7 Å². The number of esters is 1. The van der Waals surface area contributed by atoms with Crippen molar-refractivity contribution in [2.75, 3.05) is 5.32 Å². The first-order valence-electron chi connectivity index (χ1n) is 13.8. The molecule has 5 aromatic rings. The third kappa shape index (κ3) is 6.88. The van der Waals surface area contributed by atoms with E-state index in [0.717, 1.165) is 16.7 Å². The molecule has 2 aromatic heterocycles. The molecule has 0 amide bonds. The molecule has 5 rings (SSSR count). The highest BCUT2D eigenvalue weighted by Crippen LogP contribution is 2.40. The number of thiazole rings is 1. The van der Waals surface area contributed by atoms with Crippen molar-refractivity contribution < 1.29 is 24.3 Å². The largest absolute Gasteiger partial charge is 0.476 e. The predicted molar refractivity (Wildman–Crippen MR) is 173 cm³/mol. The summed E-state index contributed by atoms with van der Waals surface area (Å²) in [4.78, 5) is 36.1. The van der Waals surface area contributed by atoms with Crippen LogP contribution in [-0.2, 0) is 24.7 Å². The monoisotopic (exact) mass is 625 g/mol. The van der Waals surface area contributed by atoms with Crippen LogP contribution in [0.4, 0.5) is 5.13 Å². The van der Waals surface area contributed by atoms with Gasteiger partial charge < -0.3 is 20.0 Å². The van der Waals surface area contributed by atoms with Gasteiger partial charge in [0.25, 0.3) is 6.10 Å². The van der Waals surface area contributed by atoms with Crippen LogP contribution >= 0.6 is 22.7 Å². The molecule has 0 aliphatic carbocycles. The van der Waals surface area contributed by atoms with Crippen LogP contribution in [-0.4, -0.2) is 33.3 Å². The Kier molecular flexibility index (Phi) is 9.22. The van der Waals surface area contributed by atoms with Crippen LogP contribution in [0, 0.1) is 0 Å². The molecular weight excluding hydrogens is 595 g/mol. The second-order valence-electron chi connectivity index (χ2n) is 10.8. The molecule has 2 heterocycles. The lowest BCUT2D eigenvalue weighted by atomic mass is 9.77. The van der Waals surface area contributed by atoms with Gasteiger partial charge in [-0.2, -0.15) is 0 Å². The van der Waals surface area contributed by atoms with Crippen molar-refractivity contribution in [1.82, 2.24) is 4.98 Å². The van der Waals surface area contributed by atoms with Crippen LogP contribution in [0.25, 0.3) is 0 Å². The number of nitrogens with zero attached hydrogens (tertiary/aromatic N) is 2. The lowest BCUT2D eigenvalue weighted by molar-refractivity contribution is -0.169. The number of nitrogens with one attached hydrogen (secondary N) is 1. The summed E-state index contributed by atoms with van der Waals surface area (Å²) in [7, 11) is 0. The first-order valence-corrected chi connectivity index (χ1v) is 15.6. The number of carboxylic acids is 1. The van der Waals surface area contributed by atoms with Crippen molar-refractivity contribution in [2.24, 2.45) is 5.16 Å². The Morgan fingerprint density at radius 1 is 0.818 bits per heavy atom. The summed E-state index contributed by atoms with van der Waals surface area (Å²) < 4.78 is 5.51. The van der Waals surface area contributed by atoms with Gasteiger partial charge in [-0.25, -0.2) is 14.6 Å². The van der Waals surface area contributed by atoms with Crippen molar-refractivity contribution in [3.8, 4) is 0 Å². The summed E-state index contributed by atoms with van der Waals surface area (Å²) in [6, 6.07) is 33.5. The fourth-order valence-corrected chi connectivity index (χ4v) is 6.17. The average molecular weight is 626 g/mol. The summed E-state index contributed by atoms with van der Waals surface area (Å²) >= 11 is 2.52. The van der Waals surface area contributed by atoms with E-state index < -0.39 is 34.9 Å². The Labute approximate surface area is 263 Å². The Bertz CT molecular complexity index is 1620. The zero-order valence-electron chi connectivity index (χ0n) is 24.3. The van der Waals surface area contributed by atoms with E-state index >= 15 is 0 Å². The molecule has 1 unspecified atom stereocenters. The Morgan fingerprint density at radius 2 is 1.36 bits per heavy atom. The molecule has 0 saturated carbocycles. The summed E-state index contributed by atoms with van der Waals surface area (Å²) in [5, 5.41) is 21.5. The third-order valence-corrected chi connectivity index (χ3v) is 8.21. The van der Waals surface area contributed by atoms with E-state index in [9.17, 15) is 14.7 Å². The quantitative estimate of drug-likeness (QED) is 0.0677. The molecule has 44 heavy (non-hydrogen) atoms. The van der Waals surface area contributed by atoms with E-state index in [4.69, 9.17) is 9.57 Å². The highest BCUT2D eigenvalue weighted by molar-refractivity contribution is 7.14. The SMILES string of the molecule is CC(C)(C)OC(=O)C(ON=C(C(=O)O)c1csc(NC(c2ccccc2)(c2ccccc2)c2ccccc2)n1)c1cccs1. The maximum atomic E-state index is 13.0. The molecule has 0 bridgehead atoms. The molecule has 2 N–H and O–H groups in total. The molecule has 0 aliphatic rings. The van der Waals surface area contributed by atoms with E-state index in [1.54, 1.807) is 43.7 Å². The smallest absolute Gasteiger partial charge is 0.360 e. The number of oxime groups is 1. The minimum atomic E-state index is -1.35. The highest BCUT2D eigenvalue weighted by Gasteiger charge is 2.37. The first-order chi connectivity index (χ1) is 21.2. The lowest BCUT2D eigenvalue weighted by Gasteiger charge is -2.36. The molecule has 3 aromatic carbocycles. The molecule has 0 radical (unpaired) electrons. The number of anilines is 1. The molecule has 0 saturated heterocycles. The predicted octanol–water partition coefficient (Wildman–Crippen LogP) is 7.50. The van der Waals surface area contributed by atoms with Gasteiger partial charge in [-0.05, 0) is 48.9 Å². The van der Waals surface area contributed by atoms with Gasteiger partial charge in [-0.3, -0.25) is 0 Å². The van der Waals surface area contributed by atoms with Crippen LogP contribution in [0.3, 0.4) is 0 Å². The molecule has 1 atom stereocenters. The molecular formula is C34H31N3O5S2. The van der Waals surface area contributed by atoms with E-state index in [0.29, 0.717) is 10.0 Å². The van der Waals surface area contributed by atoms with Crippen molar-refractivity contribution in [2.45, 2.75) is 38.0 Å². The number of carboxylic acid groups (broad SMARTS) is 1. The van der Waals surface area contributed by atoms with Crippen LogP contribution in [0.2, 0.25) is 0 Å². The summed E-state index contributed by atoms with van der Waals surface area (Å²) in [6.45, 7) is 5.23. The van der Waals surface area contributed by atoms with Crippen LogP contribution in [0.1, 0.15) is 54.1 Å². The van der Waals surface area contributed by atoms with Crippen molar-refractivity contribution >= 4 is 45.5 Å². The van der Waals surface area contributed by atoms with Crippen molar-refractivity contribution in [3.63, 3.8) is 0 Å². The standard InChI is InChI=1S/C34H31N3O5S2/c1-33(2,3)41-31(40)29(27-20-13-21-43-27)42-37-28(30(38)39)26-22-44-32(35-26)36-34(23-14-7-4-8-15-23,24-16-9-5-10-17-24)25-18-11-6-12-19-25/h4-22,29H,1-3H3,(H,35,36)(H,38,39). The van der Waals surface area contributed by atoms with E-state index in [1.165, 1.54) is 22.7 Å². The Morgan fingerprint density at radius 3 is 1.82 bits per heavy atom. The summed E-state index contributed by atoms with van der Waals surface area (Å²) in [5.74, 6) is -2.02. The van der Waals surface area contributed by atoms with E-state index in [1.807, 2.05) is 91.0 Å². The molecule has 0 spiro atoms. The molecule has 224 valence electrons. The number of hydrogen-bond donors (Lipinski definition) is 2. The number of thiophene rings is 1. The number of rotatable bonds is 11. The number of carbonyl (C=O) groups is 2. The van der Waals surface area contributed by atoms with Crippen LogP contribution < -0.4 is 5.32 Å². The second kappa shape index (κ2) is 13.2. The second-order valence-corrected chi connectivity index (χ2v) is 12.6. The zero-order valence-corrected chi connectivity index (χ0v) is 26.0. The summed E-state index contributed by atoms with van der Waals surface area (Å²) in [6.07, 6.45) is -1.23. The average Bonchev–Trinajstić information content (AvgIpc) is 3.71. The van der Waals surface area contributed by atoms with Gasteiger partial charge in [0.1, 0.15) is 16.8 Å². The van der Waals surface area contributed by atoms with Gasteiger partial charge in [0.15, 0.2) is 5.13 Å². The Hall–Kier alpha value is -4.80. The number of ether oxygens (including phenoxy) is 1. The van der Waals surface area contributed by atoms with E-state index in [2.05, 4.69) is 15.5 Å². The molecule has 0 fully saturated rings. The first kappa shape index (κ1) is 30.7. The summed E-state index contributed by atoms with van der Waals surface area (Å²) in [5.41, 5.74) is 0.943. The molecule has 0 aliphatic heterocycles. The molecule has 10 heteroatoms. The van der Waals surface area contributed by atoms with Crippen molar-refractivity contribution in [1.29, 1.82) is 0 Å². The lowest BCUT2D eigenvalue weighted by Crippen LogP contribution is -2.38. The number of carbonyl (C=O) groups excluding carboxylic acids is 1. The third-order valence-electron chi connectivity index (χ3n) is 6.54. The Balaban J connectivity index is 1.53. The van der Waals surface area contributed by atoms with Gasteiger partial charge >= 0.3 is 11.9 Å². The van der Waals surface area contributed by atoms with Crippen LogP contribution in [0.5, 0.6) is 0 Å².